The molecule has 1 atom stereocenters. The van der Waals surface area contributed by atoms with Crippen LogP contribution in [0.15, 0.2) is 75.1 Å². The lowest BCUT2D eigenvalue weighted by Gasteiger charge is -2.28. The number of nitrogens with zero attached hydrogens (tertiary/aromatic N) is 2. The van der Waals surface area contributed by atoms with Gasteiger partial charge in [0, 0.05) is 0 Å². The molecule has 0 radical (unpaired) electrons. The van der Waals surface area contributed by atoms with Gasteiger partial charge in [0.1, 0.15) is 17.2 Å². The monoisotopic (exact) mass is 444 g/mol. The lowest BCUT2D eigenvalue weighted by atomic mass is 9.82. The fourth-order valence-electron chi connectivity index (χ4n) is 3.90. The van der Waals surface area contributed by atoms with Gasteiger partial charge in [0.05, 0.1) is 23.3 Å². The van der Waals surface area contributed by atoms with Gasteiger partial charge in [0.15, 0.2) is 0 Å². The molecule has 1 aliphatic heterocycles. The molecule has 0 spiro atoms. The molecule has 0 saturated heterocycles. The number of allylic oxidation sites excluding steroid dienone is 1. The number of ether oxygens (including phenoxy) is 2. The van der Waals surface area contributed by atoms with Crippen molar-refractivity contribution >= 4 is 22.6 Å². The van der Waals surface area contributed by atoms with Crippen molar-refractivity contribution in [3.05, 3.63) is 97.4 Å². The molecule has 2 aromatic carbocycles. The van der Waals surface area contributed by atoms with Crippen molar-refractivity contribution < 1.29 is 14.3 Å². The fraction of sp³-hybridized carbons (Fsp3) is 0.167. The number of nitrogens with one attached hydrogen (secondary N) is 1. The number of nitrogens with two attached hydrogens (primary N) is 1. The Morgan fingerprint density at radius 1 is 1.18 bits per heavy atom. The summed E-state index contributed by atoms with van der Waals surface area (Å²) in [6.45, 7) is 3.56. The van der Waals surface area contributed by atoms with Gasteiger partial charge in [-0.2, -0.15) is 9.94 Å². The van der Waals surface area contributed by atoms with Gasteiger partial charge in [-0.15, -0.1) is 0 Å². The average Bonchev–Trinajstić information content (AvgIpc) is 2.81. The second-order valence-electron chi connectivity index (χ2n) is 7.35. The standard InChI is InChI=1S/C24H20N4O5/c1-3-32-24(31)19-18(14-9-5-4-8-13(14)2)17(12-25)23(33-20(19)26)28-22(30)16-11-7-6-10-15(16)21(29)27-28/h4-11,18H,3,26H2,1-2H3,(H,27,29). The number of esters is 1. The van der Waals surface area contributed by atoms with Crippen molar-refractivity contribution in [1.29, 1.82) is 5.26 Å². The number of aromatic nitrogens is 2. The quantitative estimate of drug-likeness (QED) is 0.588. The number of aromatic amines is 1. The van der Waals surface area contributed by atoms with E-state index in [4.69, 9.17) is 15.2 Å². The van der Waals surface area contributed by atoms with Crippen LogP contribution in [0.2, 0.25) is 0 Å². The molecule has 1 aliphatic rings. The highest BCUT2D eigenvalue weighted by Crippen LogP contribution is 2.41. The summed E-state index contributed by atoms with van der Waals surface area (Å²) in [7, 11) is 0. The van der Waals surface area contributed by atoms with Gasteiger partial charge >= 0.3 is 5.97 Å². The molecule has 2 heterocycles. The molecule has 0 amide bonds. The molecule has 1 unspecified atom stereocenters. The van der Waals surface area contributed by atoms with Crippen molar-refractivity contribution in [1.82, 2.24) is 9.78 Å². The second kappa shape index (κ2) is 8.51. The molecular formula is C24H20N4O5. The van der Waals surface area contributed by atoms with Crippen LogP contribution in [0, 0.1) is 18.3 Å². The number of rotatable bonds is 4. The van der Waals surface area contributed by atoms with Gasteiger partial charge in [-0.3, -0.25) is 14.7 Å². The summed E-state index contributed by atoms with van der Waals surface area (Å²) < 4.78 is 11.7. The van der Waals surface area contributed by atoms with Crippen LogP contribution in [-0.2, 0) is 14.3 Å². The van der Waals surface area contributed by atoms with Crippen LogP contribution in [0.1, 0.15) is 24.0 Å². The number of carbonyl (C=O) groups excluding carboxylic acids is 1. The summed E-state index contributed by atoms with van der Waals surface area (Å²) in [5, 5.41) is 12.9. The third kappa shape index (κ3) is 3.57. The van der Waals surface area contributed by atoms with E-state index < -0.39 is 23.0 Å². The van der Waals surface area contributed by atoms with Crippen LogP contribution in [0.4, 0.5) is 0 Å². The molecule has 3 N–H and O–H groups in total. The lowest BCUT2D eigenvalue weighted by Crippen LogP contribution is -2.34. The van der Waals surface area contributed by atoms with Crippen LogP contribution in [0.5, 0.6) is 0 Å². The van der Waals surface area contributed by atoms with E-state index >= 15 is 0 Å². The van der Waals surface area contributed by atoms with Crippen LogP contribution >= 0.6 is 0 Å². The first-order chi connectivity index (χ1) is 15.9. The van der Waals surface area contributed by atoms with Gasteiger partial charge in [0.2, 0.25) is 11.8 Å². The molecule has 9 nitrogen and oxygen atoms in total. The van der Waals surface area contributed by atoms with E-state index in [1.54, 1.807) is 31.2 Å². The van der Waals surface area contributed by atoms with Crippen LogP contribution in [0.3, 0.4) is 0 Å². The average molecular weight is 444 g/mol. The summed E-state index contributed by atoms with van der Waals surface area (Å²) in [4.78, 5) is 38.6. The van der Waals surface area contributed by atoms with Crippen molar-refractivity contribution in [3.8, 4) is 6.07 Å². The molecule has 0 aliphatic carbocycles. The van der Waals surface area contributed by atoms with Gasteiger partial charge in [-0.05, 0) is 37.1 Å². The Labute approximate surface area is 187 Å². The van der Waals surface area contributed by atoms with E-state index in [0.717, 1.165) is 10.2 Å². The Balaban J connectivity index is 2.05. The highest BCUT2D eigenvalue weighted by atomic mass is 16.5. The Morgan fingerprint density at radius 2 is 1.85 bits per heavy atom. The largest absolute Gasteiger partial charge is 0.462 e. The minimum Gasteiger partial charge on any atom is -0.462 e. The van der Waals surface area contributed by atoms with E-state index in [9.17, 15) is 19.6 Å². The number of nitriles is 1. The molecular weight excluding hydrogens is 424 g/mol. The van der Waals surface area contributed by atoms with E-state index in [1.807, 2.05) is 25.1 Å². The third-order valence-corrected chi connectivity index (χ3v) is 5.42. The molecule has 166 valence electrons. The Hall–Kier alpha value is -4.58. The number of aryl methyl sites for hydroxylation is 1. The Kier molecular flexibility index (Phi) is 5.58. The van der Waals surface area contributed by atoms with Crippen LogP contribution < -0.4 is 16.9 Å². The Morgan fingerprint density at radius 3 is 2.52 bits per heavy atom. The van der Waals surface area contributed by atoms with Crippen molar-refractivity contribution in [3.63, 3.8) is 0 Å². The highest BCUT2D eigenvalue weighted by molar-refractivity contribution is 5.93. The van der Waals surface area contributed by atoms with Gasteiger partial charge < -0.3 is 15.2 Å². The topological polar surface area (TPSA) is 140 Å². The maximum atomic E-state index is 13.2. The maximum Gasteiger partial charge on any atom is 0.340 e. The van der Waals surface area contributed by atoms with Crippen molar-refractivity contribution in [2.75, 3.05) is 6.61 Å². The first kappa shape index (κ1) is 21.6. The van der Waals surface area contributed by atoms with Crippen molar-refractivity contribution in [2.24, 2.45) is 5.73 Å². The zero-order valence-electron chi connectivity index (χ0n) is 17.9. The molecule has 1 aromatic heterocycles. The summed E-state index contributed by atoms with van der Waals surface area (Å²) in [5.41, 5.74) is 6.24. The normalized spacial score (nSPS) is 15.8. The summed E-state index contributed by atoms with van der Waals surface area (Å²) >= 11 is 0. The number of fused-ring (bicyclic) bond motifs is 1. The first-order valence-electron chi connectivity index (χ1n) is 10.2. The van der Waals surface area contributed by atoms with E-state index in [0.29, 0.717) is 5.56 Å². The molecule has 3 aromatic rings. The molecule has 0 bridgehead atoms. The zero-order valence-corrected chi connectivity index (χ0v) is 17.9. The number of benzene rings is 2. The molecule has 4 rings (SSSR count). The van der Waals surface area contributed by atoms with E-state index in [2.05, 4.69) is 5.10 Å². The molecule has 0 saturated carbocycles. The molecule has 33 heavy (non-hydrogen) atoms. The van der Waals surface area contributed by atoms with E-state index in [1.165, 1.54) is 12.1 Å². The summed E-state index contributed by atoms with van der Waals surface area (Å²) in [5.74, 6) is -2.31. The summed E-state index contributed by atoms with van der Waals surface area (Å²) in [6.07, 6.45) is 0. The molecule has 9 heteroatoms. The predicted molar refractivity (Wildman–Crippen MR) is 121 cm³/mol. The number of hydrogen-bond donors (Lipinski definition) is 2. The van der Waals surface area contributed by atoms with Gasteiger partial charge in [-0.25, -0.2) is 4.79 Å². The molecule has 0 fully saturated rings. The van der Waals surface area contributed by atoms with Gasteiger partial charge in [-0.1, -0.05) is 36.4 Å². The first-order valence-corrected chi connectivity index (χ1v) is 10.2. The SMILES string of the molecule is CCOC(=O)C1=C(N)OC(n2[nH]c(=O)c3ccccc3c2=O)=C(C#N)C1c1ccccc1C. The second-order valence-corrected chi connectivity index (χ2v) is 7.35. The van der Waals surface area contributed by atoms with Gasteiger partial charge in [0.25, 0.3) is 11.1 Å². The maximum absolute atomic E-state index is 13.2. The Bertz CT molecular complexity index is 1500. The van der Waals surface area contributed by atoms with Crippen LogP contribution in [0.25, 0.3) is 16.7 Å². The number of carbonyl (C=O) groups is 1. The number of hydrogen-bond acceptors (Lipinski definition) is 7. The minimum absolute atomic E-state index is 0.0531. The number of H-pyrrole nitrogens is 1. The predicted octanol–water partition coefficient (Wildman–Crippen LogP) is 2.24. The highest BCUT2D eigenvalue weighted by Gasteiger charge is 2.39. The fourth-order valence-corrected chi connectivity index (χ4v) is 3.90. The minimum atomic E-state index is -0.971. The van der Waals surface area contributed by atoms with Crippen molar-refractivity contribution in [2.45, 2.75) is 19.8 Å². The smallest absolute Gasteiger partial charge is 0.340 e. The third-order valence-electron chi connectivity index (χ3n) is 5.42. The zero-order chi connectivity index (χ0) is 23.7. The lowest BCUT2D eigenvalue weighted by molar-refractivity contribution is -0.139. The van der Waals surface area contributed by atoms with Crippen LogP contribution in [-0.4, -0.2) is 22.4 Å². The summed E-state index contributed by atoms with van der Waals surface area (Å²) in [6, 6.07) is 15.5. The van der Waals surface area contributed by atoms with E-state index in [-0.39, 0.29) is 40.3 Å².